The van der Waals surface area contributed by atoms with Crippen molar-refractivity contribution >= 4 is 11.9 Å². The minimum atomic E-state index is -0.847. The van der Waals surface area contributed by atoms with Gasteiger partial charge in [0.2, 0.25) is 5.91 Å². The van der Waals surface area contributed by atoms with E-state index in [-0.39, 0.29) is 18.5 Å². The smallest absolute Gasteiger partial charge is 0.305 e. The van der Waals surface area contributed by atoms with E-state index in [9.17, 15) is 19.8 Å². The van der Waals surface area contributed by atoms with E-state index in [2.05, 4.69) is 55.6 Å². The number of unbranched alkanes of at least 4 members (excludes halogenated alkanes) is 49. The van der Waals surface area contributed by atoms with Crippen molar-refractivity contribution in [3.05, 3.63) is 48.6 Å². The van der Waals surface area contributed by atoms with E-state index in [0.717, 1.165) is 51.4 Å². The van der Waals surface area contributed by atoms with Gasteiger partial charge in [-0.1, -0.05) is 332 Å². The zero-order chi connectivity index (χ0) is 57.1. The van der Waals surface area contributed by atoms with Crippen LogP contribution in [0.3, 0.4) is 0 Å². The Morgan fingerprint density at radius 2 is 0.646 bits per heavy atom. The van der Waals surface area contributed by atoms with Crippen LogP contribution in [0.15, 0.2) is 48.6 Å². The molecule has 464 valence electrons. The van der Waals surface area contributed by atoms with Crippen molar-refractivity contribution in [2.24, 2.45) is 0 Å². The number of hydrogen-bond donors (Lipinski definition) is 3. The maximum absolute atomic E-state index is 12.5. The largest absolute Gasteiger partial charge is 0.466 e. The van der Waals surface area contributed by atoms with Crippen molar-refractivity contribution in [3.63, 3.8) is 0 Å². The van der Waals surface area contributed by atoms with Crippen LogP contribution in [0, 0.1) is 0 Å². The Morgan fingerprint density at radius 3 is 1.01 bits per heavy atom. The molecule has 0 rings (SSSR count). The van der Waals surface area contributed by atoms with E-state index in [0.29, 0.717) is 19.4 Å². The second-order valence-electron chi connectivity index (χ2n) is 24.2. The first-order chi connectivity index (χ1) is 39.0. The van der Waals surface area contributed by atoms with Gasteiger partial charge in [-0.3, -0.25) is 9.59 Å². The van der Waals surface area contributed by atoms with Crippen LogP contribution in [0.1, 0.15) is 380 Å². The number of ether oxygens (including phenoxy) is 1. The number of carbonyl (C=O) groups is 2. The molecule has 0 aromatic carbocycles. The van der Waals surface area contributed by atoms with Crippen molar-refractivity contribution in [2.45, 2.75) is 392 Å². The Morgan fingerprint density at radius 1 is 0.354 bits per heavy atom. The van der Waals surface area contributed by atoms with Gasteiger partial charge in [0.1, 0.15) is 0 Å². The Hall–Kier alpha value is -2.18. The van der Waals surface area contributed by atoms with Gasteiger partial charge in [-0.2, -0.15) is 0 Å². The standard InChI is InChI=1S/C73H137NO5/c1-3-5-7-9-11-13-15-17-19-20-21-29-32-35-38-41-45-49-53-57-61-65-71(76)70(69-75)74-72(77)66-62-58-54-50-46-42-39-36-33-30-27-25-23-22-24-26-28-31-34-37-40-44-48-52-56-60-64-68-79-73(78)67-63-59-55-51-47-43-18-16-14-12-10-8-6-4-2/h10,12,16,18,22-23,61,65,70-71,75-76H,3-9,11,13-15,17,19-21,24-60,62-64,66-69H2,1-2H3,(H,74,77)/b12-10-,18-16-,23-22-,65-61+. The SMILES string of the molecule is CCCC/C=C\C/C=C\CCCCCCCC(=O)OCCCCCCCCCCCCCC/C=C\CCCCCCCCCCCCCC(=O)NC(CO)C(O)/C=C/CCCCCCCCCCCCCCCCCCCCC. The Labute approximate surface area is 493 Å². The van der Waals surface area contributed by atoms with E-state index >= 15 is 0 Å². The second kappa shape index (κ2) is 68.3. The molecule has 3 N–H and O–H groups in total. The van der Waals surface area contributed by atoms with Crippen LogP contribution in [-0.4, -0.2) is 47.4 Å². The van der Waals surface area contributed by atoms with Crippen molar-refractivity contribution in [3.8, 4) is 0 Å². The van der Waals surface area contributed by atoms with Gasteiger partial charge in [-0.15, -0.1) is 0 Å². The third kappa shape index (κ3) is 64.8. The van der Waals surface area contributed by atoms with Crippen LogP contribution in [0.2, 0.25) is 0 Å². The number of carbonyl (C=O) groups excluding carboxylic acids is 2. The first-order valence-corrected chi connectivity index (χ1v) is 35.4. The summed E-state index contributed by atoms with van der Waals surface area (Å²) in [4.78, 5) is 24.6. The van der Waals surface area contributed by atoms with Gasteiger partial charge < -0.3 is 20.3 Å². The van der Waals surface area contributed by atoms with Gasteiger partial charge in [0.15, 0.2) is 0 Å². The number of amides is 1. The summed E-state index contributed by atoms with van der Waals surface area (Å²) < 4.78 is 5.48. The first-order valence-electron chi connectivity index (χ1n) is 35.4. The predicted molar refractivity (Wildman–Crippen MR) is 347 cm³/mol. The average Bonchev–Trinajstić information content (AvgIpc) is 3.45. The molecule has 0 aromatic rings. The summed E-state index contributed by atoms with van der Waals surface area (Å²) >= 11 is 0. The topological polar surface area (TPSA) is 95.9 Å². The fourth-order valence-corrected chi connectivity index (χ4v) is 10.9. The highest BCUT2D eigenvalue weighted by atomic mass is 16.5. The molecule has 0 spiro atoms. The van der Waals surface area contributed by atoms with Crippen LogP contribution >= 0.6 is 0 Å². The number of esters is 1. The third-order valence-corrected chi connectivity index (χ3v) is 16.3. The molecule has 2 unspecified atom stereocenters. The predicted octanol–water partition coefficient (Wildman–Crippen LogP) is 22.9. The quantitative estimate of drug-likeness (QED) is 0.0320. The van der Waals surface area contributed by atoms with Crippen molar-refractivity contribution in [2.75, 3.05) is 13.2 Å². The van der Waals surface area contributed by atoms with Gasteiger partial charge in [0.25, 0.3) is 0 Å². The molecule has 79 heavy (non-hydrogen) atoms. The Balaban J connectivity index is 3.42. The number of aliphatic hydroxyl groups is 2. The molecule has 1 amide bonds. The summed E-state index contributed by atoms with van der Waals surface area (Å²) in [5.74, 6) is -0.0656. The number of hydrogen-bond acceptors (Lipinski definition) is 5. The number of allylic oxidation sites excluding steroid dienone is 7. The van der Waals surface area contributed by atoms with E-state index in [1.165, 1.54) is 302 Å². The molecule has 0 bridgehead atoms. The molecule has 2 atom stereocenters. The molecule has 0 saturated carbocycles. The molecule has 0 aromatic heterocycles. The fraction of sp³-hybridized carbons (Fsp3) is 0.863. The second-order valence-corrected chi connectivity index (χ2v) is 24.2. The lowest BCUT2D eigenvalue weighted by Gasteiger charge is -2.20. The minimum absolute atomic E-state index is 0.000185. The van der Waals surface area contributed by atoms with Gasteiger partial charge in [-0.05, 0) is 83.5 Å². The maximum Gasteiger partial charge on any atom is 0.305 e. The van der Waals surface area contributed by atoms with E-state index in [4.69, 9.17) is 4.74 Å². The summed E-state index contributed by atoms with van der Waals surface area (Å²) in [6.45, 7) is 4.89. The molecular formula is C73H137NO5. The van der Waals surface area contributed by atoms with E-state index in [1.54, 1.807) is 6.08 Å². The number of rotatable bonds is 66. The van der Waals surface area contributed by atoms with E-state index in [1.807, 2.05) is 6.08 Å². The minimum Gasteiger partial charge on any atom is -0.466 e. The lowest BCUT2D eigenvalue weighted by molar-refractivity contribution is -0.143. The summed E-state index contributed by atoms with van der Waals surface area (Å²) in [5, 5.41) is 23.3. The lowest BCUT2D eigenvalue weighted by Crippen LogP contribution is -2.45. The van der Waals surface area contributed by atoms with Gasteiger partial charge in [-0.25, -0.2) is 0 Å². The summed E-state index contributed by atoms with van der Waals surface area (Å²) in [5.41, 5.74) is 0. The molecule has 0 aliphatic carbocycles. The van der Waals surface area contributed by atoms with Gasteiger partial charge in [0.05, 0.1) is 25.4 Å². The van der Waals surface area contributed by atoms with Crippen molar-refractivity contribution < 1.29 is 24.5 Å². The zero-order valence-corrected chi connectivity index (χ0v) is 53.1. The number of nitrogens with one attached hydrogen (secondary N) is 1. The van der Waals surface area contributed by atoms with Crippen molar-refractivity contribution in [1.29, 1.82) is 0 Å². The fourth-order valence-electron chi connectivity index (χ4n) is 10.9. The molecule has 0 fully saturated rings. The number of aliphatic hydroxyl groups excluding tert-OH is 2. The molecule has 0 saturated heterocycles. The third-order valence-electron chi connectivity index (χ3n) is 16.3. The molecular weight excluding hydrogens is 971 g/mol. The average molecular weight is 1110 g/mol. The highest BCUT2D eigenvalue weighted by molar-refractivity contribution is 5.76. The monoisotopic (exact) mass is 1110 g/mol. The Kier molecular flexibility index (Phi) is 66.4. The molecule has 6 heteroatoms. The Bertz CT molecular complexity index is 1320. The first kappa shape index (κ1) is 76.8. The van der Waals surface area contributed by atoms with Gasteiger partial charge >= 0.3 is 5.97 Å². The lowest BCUT2D eigenvalue weighted by atomic mass is 10.0. The molecule has 0 aliphatic rings. The van der Waals surface area contributed by atoms with Crippen molar-refractivity contribution in [1.82, 2.24) is 5.32 Å². The molecule has 0 heterocycles. The van der Waals surface area contributed by atoms with E-state index < -0.39 is 12.1 Å². The normalized spacial score (nSPS) is 12.8. The molecule has 0 aliphatic heterocycles. The van der Waals surface area contributed by atoms with Crippen LogP contribution in [0.25, 0.3) is 0 Å². The summed E-state index contributed by atoms with van der Waals surface area (Å²) in [6.07, 6.45) is 89.0. The highest BCUT2D eigenvalue weighted by Crippen LogP contribution is 2.18. The van der Waals surface area contributed by atoms with Crippen LogP contribution < -0.4 is 5.32 Å². The molecule has 0 radical (unpaired) electrons. The summed E-state index contributed by atoms with van der Waals surface area (Å²) in [7, 11) is 0. The van der Waals surface area contributed by atoms with Crippen LogP contribution in [0.5, 0.6) is 0 Å². The van der Waals surface area contributed by atoms with Crippen LogP contribution in [0.4, 0.5) is 0 Å². The zero-order valence-electron chi connectivity index (χ0n) is 53.1. The van der Waals surface area contributed by atoms with Gasteiger partial charge in [0, 0.05) is 12.8 Å². The maximum atomic E-state index is 12.5. The summed E-state index contributed by atoms with van der Waals surface area (Å²) in [6, 6.07) is -0.630. The molecule has 6 nitrogen and oxygen atoms in total. The highest BCUT2D eigenvalue weighted by Gasteiger charge is 2.18. The van der Waals surface area contributed by atoms with Crippen LogP contribution in [-0.2, 0) is 14.3 Å².